The fraction of sp³-hybridized carbons (Fsp3) is 0.318. The van der Waals surface area contributed by atoms with Crippen LogP contribution in [-0.4, -0.2) is 30.4 Å². The molecule has 1 N–H and O–H groups in total. The van der Waals surface area contributed by atoms with Crippen LogP contribution in [0.5, 0.6) is 0 Å². The van der Waals surface area contributed by atoms with Crippen LogP contribution in [0.15, 0.2) is 52.9 Å². The number of hydrogen-bond acceptors (Lipinski definition) is 3. The molecule has 2 aliphatic heterocycles. The van der Waals surface area contributed by atoms with Gasteiger partial charge in [0.25, 0.3) is 5.91 Å². The van der Waals surface area contributed by atoms with Crippen molar-refractivity contribution in [2.45, 2.75) is 13.0 Å². The summed E-state index contributed by atoms with van der Waals surface area (Å²) in [4.78, 5) is 15.4. The topological polar surface area (TPSA) is 45.5 Å². The molecule has 0 saturated carbocycles. The molecule has 1 aromatic heterocycles. The normalized spacial score (nSPS) is 24.5. The van der Waals surface area contributed by atoms with Gasteiger partial charge in [0.05, 0.1) is 11.6 Å². The molecule has 0 bridgehead atoms. The van der Waals surface area contributed by atoms with Crippen LogP contribution in [0.25, 0.3) is 11.0 Å². The largest absolute Gasteiger partial charge is 0.461 e. The van der Waals surface area contributed by atoms with E-state index in [0.29, 0.717) is 29.5 Å². The number of nitrogens with one attached hydrogen (secondary N) is 1. The van der Waals surface area contributed by atoms with E-state index in [2.05, 4.69) is 5.32 Å². The molecule has 2 aliphatic rings. The average Bonchev–Trinajstić information content (AvgIpc) is 3.33. The first-order chi connectivity index (χ1) is 13.1. The zero-order chi connectivity index (χ0) is 18.5. The number of furan rings is 1. The van der Waals surface area contributed by atoms with E-state index in [1.54, 1.807) is 12.1 Å². The third kappa shape index (κ3) is 2.65. The van der Waals surface area contributed by atoms with Gasteiger partial charge in [0, 0.05) is 30.9 Å². The number of para-hydroxylation sites is 1. The third-order valence-corrected chi connectivity index (χ3v) is 5.91. The number of aryl methyl sites for hydroxylation is 1. The molecule has 0 unspecified atom stereocenters. The first-order valence-electron chi connectivity index (χ1n) is 9.38. The van der Waals surface area contributed by atoms with Crippen LogP contribution in [-0.2, 0) is 0 Å². The van der Waals surface area contributed by atoms with Crippen molar-refractivity contribution in [1.29, 1.82) is 0 Å². The molecule has 2 saturated heterocycles. The van der Waals surface area contributed by atoms with Crippen LogP contribution in [0.2, 0.25) is 0 Å². The van der Waals surface area contributed by atoms with Crippen molar-refractivity contribution in [1.82, 2.24) is 10.2 Å². The quantitative estimate of drug-likeness (QED) is 0.750. The summed E-state index contributed by atoms with van der Waals surface area (Å²) in [7, 11) is 0. The lowest BCUT2D eigenvalue weighted by molar-refractivity contribution is 0.0714. The van der Waals surface area contributed by atoms with Crippen molar-refractivity contribution in [3.05, 3.63) is 71.2 Å². The summed E-state index contributed by atoms with van der Waals surface area (Å²) in [6, 6.07) is 14.1. The molecule has 3 heterocycles. The summed E-state index contributed by atoms with van der Waals surface area (Å²) in [5.74, 6) is 1.17. The van der Waals surface area contributed by atoms with Crippen molar-refractivity contribution in [2.24, 2.45) is 11.8 Å². The lowest BCUT2D eigenvalue weighted by atomic mass is 9.89. The van der Waals surface area contributed by atoms with Crippen molar-refractivity contribution in [3.8, 4) is 0 Å². The van der Waals surface area contributed by atoms with E-state index in [4.69, 9.17) is 4.42 Å². The Balaban J connectivity index is 1.58. The highest BCUT2D eigenvalue weighted by atomic mass is 19.1. The number of likely N-dealkylation sites (tertiary alicyclic amines) is 1. The minimum absolute atomic E-state index is 0.0430. The lowest BCUT2D eigenvalue weighted by Gasteiger charge is -2.28. The van der Waals surface area contributed by atoms with Crippen molar-refractivity contribution < 1.29 is 13.6 Å². The number of rotatable bonds is 2. The maximum atomic E-state index is 13.9. The lowest BCUT2D eigenvalue weighted by Crippen LogP contribution is -2.34. The highest BCUT2D eigenvalue weighted by Crippen LogP contribution is 2.43. The van der Waals surface area contributed by atoms with Crippen molar-refractivity contribution >= 4 is 16.9 Å². The number of fused-ring (bicyclic) bond motifs is 2. The van der Waals surface area contributed by atoms with Gasteiger partial charge >= 0.3 is 0 Å². The predicted molar refractivity (Wildman–Crippen MR) is 101 cm³/mol. The van der Waals surface area contributed by atoms with Gasteiger partial charge in [-0.05, 0) is 42.7 Å². The van der Waals surface area contributed by atoms with E-state index in [-0.39, 0.29) is 17.8 Å². The van der Waals surface area contributed by atoms with Gasteiger partial charge in [0.2, 0.25) is 0 Å². The molecule has 4 nitrogen and oxygen atoms in total. The van der Waals surface area contributed by atoms with Gasteiger partial charge in [-0.15, -0.1) is 0 Å². The monoisotopic (exact) mass is 364 g/mol. The molecule has 3 aromatic rings. The highest BCUT2D eigenvalue weighted by Gasteiger charge is 2.47. The van der Waals surface area contributed by atoms with Crippen LogP contribution >= 0.6 is 0 Å². The van der Waals surface area contributed by atoms with E-state index >= 15 is 0 Å². The summed E-state index contributed by atoms with van der Waals surface area (Å²) in [6.07, 6.45) is 0. The van der Waals surface area contributed by atoms with Crippen molar-refractivity contribution in [3.63, 3.8) is 0 Å². The molecule has 0 aliphatic carbocycles. The van der Waals surface area contributed by atoms with E-state index in [1.165, 1.54) is 6.07 Å². The summed E-state index contributed by atoms with van der Waals surface area (Å²) in [6.45, 7) is 4.30. The fourth-order valence-electron chi connectivity index (χ4n) is 4.76. The fourth-order valence-corrected chi connectivity index (χ4v) is 4.76. The van der Waals surface area contributed by atoms with Crippen LogP contribution in [0.3, 0.4) is 0 Å². The maximum absolute atomic E-state index is 13.9. The first-order valence-corrected chi connectivity index (χ1v) is 9.38. The van der Waals surface area contributed by atoms with Crippen molar-refractivity contribution in [2.75, 3.05) is 19.6 Å². The number of hydrogen-bond donors (Lipinski definition) is 1. The standard InChI is InChI=1S/C22H21FN2O2/c1-13-8-15-5-3-7-18(21(15)27-13)22(26)25-12-16-10-24-11-19(16)20(25)14-4-2-6-17(23)9-14/h2-9,16,19-20,24H,10-12H2,1H3/t16-,19-,20-/m0/s1. The Hall–Kier alpha value is -2.66. The molecular weight excluding hydrogens is 343 g/mol. The van der Waals surface area contributed by atoms with Gasteiger partial charge in [-0.25, -0.2) is 4.39 Å². The Morgan fingerprint density at radius 2 is 2.04 bits per heavy atom. The molecule has 0 radical (unpaired) electrons. The van der Waals surface area contributed by atoms with E-state index < -0.39 is 0 Å². The SMILES string of the molecule is Cc1cc2cccc(C(=O)N3C[C@@H]4CNC[C@@H]4[C@@H]3c3cccc(F)c3)c2o1. The number of nitrogens with zero attached hydrogens (tertiary/aromatic N) is 1. The smallest absolute Gasteiger partial charge is 0.258 e. The zero-order valence-corrected chi connectivity index (χ0v) is 15.1. The highest BCUT2D eigenvalue weighted by molar-refractivity contribution is 6.05. The second kappa shape index (κ2) is 6.20. The summed E-state index contributed by atoms with van der Waals surface area (Å²) >= 11 is 0. The van der Waals surface area contributed by atoms with Crippen LogP contribution in [0.1, 0.15) is 27.7 Å². The number of carbonyl (C=O) groups is 1. The second-order valence-electron chi connectivity index (χ2n) is 7.62. The van der Waals surface area contributed by atoms with Crippen LogP contribution in [0, 0.1) is 24.6 Å². The Kier molecular flexibility index (Phi) is 3.79. The minimum Gasteiger partial charge on any atom is -0.461 e. The van der Waals surface area contributed by atoms with Gasteiger partial charge in [-0.1, -0.05) is 24.3 Å². The molecule has 5 heteroatoms. The first kappa shape index (κ1) is 16.5. The maximum Gasteiger partial charge on any atom is 0.258 e. The van der Waals surface area contributed by atoms with Gasteiger partial charge in [-0.2, -0.15) is 0 Å². The molecule has 3 atom stereocenters. The average molecular weight is 364 g/mol. The van der Waals surface area contributed by atoms with Gasteiger partial charge < -0.3 is 14.6 Å². The van der Waals surface area contributed by atoms with Gasteiger partial charge in [0.1, 0.15) is 17.2 Å². The van der Waals surface area contributed by atoms with E-state index in [1.807, 2.05) is 42.2 Å². The zero-order valence-electron chi connectivity index (χ0n) is 15.1. The minimum atomic E-state index is -0.266. The van der Waals surface area contributed by atoms with Gasteiger partial charge in [-0.3, -0.25) is 4.79 Å². The number of halogens is 1. The molecule has 5 rings (SSSR count). The molecule has 2 aromatic carbocycles. The van der Waals surface area contributed by atoms with Crippen LogP contribution < -0.4 is 5.32 Å². The summed E-state index contributed by atoms with van der Waals surface area (Å²) in [5.41, 5.74) is 2.07. The summed E-state index contributed by atoms with van der Waals surface area (Å²) < 4.78 is 19.7. The molecule has 138 valence electrons. The Morgan fingerprint density at radius 1 is 1.19 bits per heavy atom. The predicted octanol–water partition coefficient (Wildman–Crippen LogP) is 3.91. The molecule has 1 amide bonds. The Bertz CT molecular complexity index is 1030. The van der Waals surface area contributed by atoms with Crippen LogP contribution in [0.4, 0.5) is 4.39 Å². The molecular formula is C22H21FN2O2. The Labute approximate surface area is 157 Å². The number of amides is 1. The number of carbonyl (C=O) groups excluding carboxylic acids is 1. The van der Waals surface area contributed by atoms with Gasteiger partial charge in [0.15, 0.2) is 0 Å². The van der Waals surface area contributed by atoms with E-state index in [0.717, 1.165) is 29.8 Å². The third-order valence-electron chi connectivity index (χ3n) is 5.91. The molecule has 0 spiro atoms. The Morgan fingerprint density at radius 3 is 2.89 bits per heavy atom. The molecule has 27 heavy (non-hydrogen) atoms. The number of benzene rings is 2. The second-order valence-corrected chi connectivity index (χ2v) is 7.62. The molecule has 2 fully saturated rings. The summed E-state index contributed by atoms with van der Waals surface area (Å²) in [5, 5.41) is 4.35. The van der Waals surface area contributed by atoms with E-state index in [9.17, 15) is 9.18 Å².